The lowest BCUT2D eigenvalue weighted by molar-refractivity contribution is 0.0594. The number of carbonyl (C=O) groups excluding carboxylic acids is 1. The molecule has 1 atom stereocenters. The van der Waals surface area contributed by atoms with Gasteiger partial charge in [0.15, 0.2) is 0 Å². The second-order valence-corrected chi connectivity index (χ2v) is 4.55. The van der Waals surface area contributed by atoms with Crippen molar-refractivity contribution >= 4 is 11.7 Å². The fourth-order valence-corrected chi connectivity index (χ4v) is 2.06. The predicted octanol–water partition coefficient (Wildman–Crippen LogP) is 2.47. The van der Waals surface area contributed by atoms with E-state index in [4.69, 9.17) is 0 Å². The fraction of sp³-hybridized carbons (Fsp3) is 0.538. The summed E-state index contributed by atoms with van der Waals surface area (Å²) in [7, 11) is 1.36. The van der Waals surface area contributed by atoms with Gasteiger partial charge in [0, 0.05) is 17.9 Å². The van der Waals surface area contributed by atoms with E-state index >= 15 is 0 Å². The Hall–Kier alpha value is -1.58. The van der Waals surface area contributed by atoms with Gasteiger partial charge in [0.2, 0.25) is 0 Å². The normalized spacial score (nSPS) is 17.1. The van der Waals surface area contributed by atoms with Crippen LogP contribution in [0.15, 0.2) is 18.3 Å². The summed E-state index contributed by atoms with van der Waals surface area (Å²) in [6.45, 7) is 2.18. The molecule has 1 heterocycles. The molecule has 1 aliphatic carbocycles. The number of esters is 1. The number of nitrogens with one attached hydrogen (secondary N) is 1. The lowest BCUT2D eigenvalue weighted by atomic mass is 9.80. The molecule has 1 N–H and O–H groups in total. The van der Waals surface area contributed by atoms with Crippen molar-refractivity contribution in [2.45, 2.75) is 32.2 Å². The Kier molecular flexibility index (Phi) is 3.61. The summed E-state index contributed by atoms with van der Waals surface area (Å²) >= 11 is 0. The van der Waals surface area contributed by atoms with Crippen LogP contribution in [-0.2, 0) is 4.74 Å². The van der Waals surface area contributed by atoms with E-state index in [1.165, 1.54) is 26.4 Å². The van der Waals surface area contributed by atoms with Crippen LogP contribution in [0.1, 0.15) is 36.7 Å². The van der Waals surface area contributed by atoms with Gasteiger partial charge in [-0.15, -0.1) is 0 Å². The Labute approximate surface area is 101 Å². The minimum absolute atomic E-state index is 0.346. The average Bonchev–Trinajstić information content (AvgIpc) is 2.26. The van der Waals surface area contributed by atoms with Crippen molar-refractivity contribution in [1.82, 2.24) is 4.98 Å². The Morgan fingerprint density at radius 2 is 2.35 bits per heavy atom. The topological polar surface area (TPSA) is 51.2 Å². The first-order valence-electron chi connectivity index (χ1n) is 6.01. The molecule has 0 bridgehead atoms. The molecule has 92 valence electrons. The highest BCUT2D eigenvalue weighted by molar-refractivity contribution is 5.88. The monoisotopic (exact) mass is 234 g/mol. The van der Waals surface area contributed by atoms with Crippen LogP contribution >= 0.6 is 0 Å². The first-order valence-corrected chi connectivity index (χ1v) is 6.01. The minimum Gasteiger partial charge on any atom is -0.464 e. The SMILES string of the molecule is COC(=O)c1cc(NC(C)C2CCC2)ccn1. The number of methoxy groups -OCH3 is 1. The van der Waals surface area contributed by atoms with Gasteiger partial charge in [0.05, 0.1) is 7.11 Å². The smallest absolute Gasteiger partial charge is 0.356 e. The molecule has 1 aromatic rings. The molecular formula is C13H18N2O2. The summed E-state index contributed by atoms with van der Waals surface area (Å²) in [4.78, 5) is 15.3. The average molecular weight is 234 g/mol. The van der Waals surface area contributed by atoms with Crippen molar-refractivity contribution < 1.29 is 9.53 Å². The van der Waals surface area contributed by atoms with E-state index in [0.29, 0.717) is 11.7 Å². The zero-order valence-electron chi connectivity index (χ0n) is 10.3. The Morgan fingerprint density at radius 1 is 1.59 bits per heavy atom. The molecule has 4 nitrogen and oxygen atoms in total. The molecule has 4 heteroatoms. The molecule has 1 saturated carbocycles. The highest BCUT2D eigenvalue weighted by atomic mass is 16.5. The number of nitrogens with zero attached hydrogens (tertiary/aromatic N) is 1. The van der Waals surface area contributed by atoms with Gasteiger partial charge < -0.3 is 10.1 Å². The fourth-order valence-electron chi connectivity index (χ4n) is 2.06. The number of aromatic nitrogens is 1. The van der Waals surface area contributed by atoms with Crippen molar-refractivity contribution in [3.8, 4) is 0 Å². The Morgan fingerprint density at radius 3 is 2.94 bits per heavy atom. The Balaban J connectivity index is 2.02. The van der Waals surface area contributed by atoms with Crippen molar-refractivity contribution in [1.29, 1.82) is 0 Å². The van der Waals surface area contributed by atoms with Crippen molar-refractivity contribution in [2.75, 3.05) is 12.4 Å². The number of pyridine rings is 1. The largest absolute Gasteiger partial charge is 0.464 e. The molecule has 1 aliphatic rings. The summed E-state index contributed by atoms with van der Waals surface area (Å²) < 4.78 is 4.65. The maximum absolute atomic E-state index is 11.3. The van der Waals surface area contributed by atoms with Crippen molar-refractivity contribution in [2.24, 2.45) is 5.92 Å². The van der Waals surface area contributed by atoms with Gasteiger partial charge in [-0.1, -0.05) is 6.42 Å². The second kappa shape index (κ2) is 5.17. The van der Waals surface area contributed by atoms with E-state index < -0.39 is 5.97 Å². The number of anilines is 1. The second-order valence-electron chi connectivity index (χ2n) is 4.55. The van der Waals surface area contributed by atoms with E-state index in [1.54, 1.807) is 12.3 Å². The zero-order chi connectivity index (χ0) is 12.3. The molecule has 17 heavy (non-hydrogen) atoms. The van der Waals surface area contributed by atoms with Crippen molar-refractivity contribution in [3.05, 3.63) is 24.0 Å². The number of hydrogen-bond donors (Lipinski definition) is 1. The van der Waals surface area contributed by atoms with Gasteiger partial charge >= 0.3 is 5.97 Å². The third-order valence-corrected chi connectivity index (χ3v) is 3.41. The van der Waals surface area contributed by atoms with E-state index in [-0.39, 0.29) is 0 Å². The summed E-state index contributed by atoms with van der Waals surface area (Å²) in [5, 5.41) is 3.42. The maximum atomic E-state index is 11.3. The molecule has 0 amide bonds. The number of hydrogen-bond acceptors (Lipinski definition) is 4. The van der Waals surface area contributed by atoms with Gasteiger partial charge in [-0.3, -0.25) is 0 Å². The first-order chi connectivity index (χ1) is 8.20. The predicted molar refractivity (Wildman–Crippen MR) is 66.0 cm³/mol. The molecule has 0 radical (unpaired) electrons. The standard InChI is InChI=1S/C13H18N2O2/c1-9(10-4-3-5-10)15-11-6-7-14-12(8-11)13(16)17-2/h6-10H,3-5H2,1-2H3,(H,14,15). The lowest BCUT2D eigenvalue weighted by Crippen LogP contribution is -2.30. The molecule has 2 rings (SSSR count). The molecular weight excluding hydrogens is 216 g/mol. The quantitative estimate of drug-likeness (QED) is 0.813. The lowest BCUT2D eigenvalue weighted by Gasteiger charge is -2.32. The third kappa shape index (κ3) is 2.75. The molecule has 1 fully saturated rings. The van der Waals surface area contributed by atoms with Crippen LogP contribution in [-0.4, -0.2) is 24.1 Å². The molecule has 0 spiro atoms. The number of carbonyl (C=O) groups is 1. The van der Waals surface area contributed by atoms with E-state index in [1.807, 2.05) is 6.07 Å². The highest BCUT2D eigenvalue weighted by Crippen LogP contribution is 2.30. The van der Waals surface area contributed by atoms with Gasteiger partial charge in [0.1, 0.15) is 5.69 Å². The molecule has 1 unspecified atom stereocenters. The van der Waals surface area contributed by atoms with Crippen LogP contribution in [0.3, 0.4) is 0 Å². The zero-order valence-corrected chi connectivity index (χ0v) is 10.3. The minimum atomic E-state index is -0.398. The van der Waals surface area contributed by atoms with Crippen LogP contribution < -0.4 is 5.32 Å². The van der Waals surface area contributed by atoms with Crippen LogP contribution in [0, 0.1) is 5.92 Å². The molecule has 0 saturated heterocycles. The van der Waals surface area contributed by atoms with Crippen LogP contribution in [0.4, 0.5) is 5.69 Å². The van der Waals surface area contributed by atoms with Gasteiger partial charge in [-0.05, 0) is 37.8 Å². The maximum Gasteiger partial charge on any atom is 0.356 e. The highest BCUT2D eigenvalue weighted by Gasteiger charge is 2.23. The van der Waals surface area contributed by atoms with E-state index in [2.05, 4.69) is 22.0 Å². The van der Waals surface area contributed by atoms with Gasteiger partial charge in [-0.25, -0.2) is 9.78 Å². The first kappa shape index (κ1) is 11.9. The van der Waals surface area contributed by atoms with Crippen LogP contribution in [0.25, 0.3) is 0 Å². The number of rotatable bonds is 4. The van der Waals surface area contributed by atoms with Gasteiger partial charge in [-0.2, -0.15) is 0 Å². The van der Waals surface area contributed by atoms with Crippen LogP contribution in [0.5, 0.6) is 0 Å². The molecule has 1 aromatic heterocycles. The summed E-state index contributed by atoms with van der Waals surface area (Å²) in [5.74, 6) is 0.356. The van der Waals surface area contributed by atoms with Crippen LogP contribution in [0.2, 0.25) is 0 Å². The van der Waals surface area contributed by atoms with E-state index in [0.717, 1.165) is 11.6 Å². The summed E-state index contributed by atoms with van der Waals surface area (Å²) in [5.41, 5.74) is 1.28. The summed E-state index contributed by atoms with van der Waals surface area (Å²) in [6.07, 6.45) is 5.55. The van der Waals surface area contributed by atoms with E-state index in [9.17, 15) is 4.79 Å². The Bertz CT molecular complexity index is 402. The molecule has 0 aromatic carbocycles. The molecule has 0 aliphatic heterocycles. The van der Waals surface area contributed by atoms with Crippen molar-refractivity contribution in [3.63, 3.8) is 0 Å². The number of ether oxygens (including phenoxy) is 1. The summed E-state index contributed by atoms with van der Waals surface area (Å²) in [6, 6.07) is 4.06. The van der Waals surface area contributed by atoms with Gasteiger partial charge in [0.25, 0.3) is 0 Å². The third-order valence-electron chi connectivity index (χ3n) is 3.41.